The summed E-state index contributed by atoms with van der Waals surface area (Å²) in [5.74, 6) is -1.27. The van der Waals surface area contributed by atoms with Gasteiger partial charge < -0.3 is 9.84 Å². The Morgan fingerprint density at radius 2 is 1.68 bits per heavy atom. The average molecular weight is 342 g/mol. The molecule has 2 aromatic rings. The maximum absolute atomic E-state index is 12.3. The molecule has 0 bridgehead atoms. The smallest absolute Gasteiger partial charge is 0.338 e. The van der Waals surface area contributed by atoms with Gasteiger partial charge in [-0.2, -0.15) is 0 Å². The number of carboxylic acids is 1. The number of benzene rings is 2. The summed E-state index contributed by atoms with van der Waals surface area (Å²) in [5, 5.41) is 11.0. The minimum absolute atomic E-state index is 0.168. The van der Waals surface area contributed by atoms with Crippen molar-refractivity contribution >= 4 is 22.7 Å². The van der Waals surface area contributed by atoms with Crippen LogP contribution >= 0.6 is 0 Å². The molecule has 0 spiro atoms. The van der Waals surface area contributed by atoms with Crippen LogP contribution in [-0.2, 0) is 10.2 Å². The molecule has 0 aromatic heterocycles. The number of fused-ring (bicyclic) bond motifs is 1. The van der Waals surface area contributed by atoms with Crippen LogP contribution in [0.2, 0.25) is 0 Å². The molecule has 134 valence electrons. The van der Waals surface area contributed by atoms with E-state index in [9.17, 15) is 14.7 Å². The van der Waals surface area contributed by atoms with Gasteiger partial charge in [0, 0.05) is 0 Å². The second-order valence-corrected chi connectivity index (χ2v) is 7.38. The lowest BCUT2D eigenvalue weighted by atomic mass is 9.79. The van der Waals surface area contributed by atoms with Crippen molar-refractivity contribution in [1.29, 1.82) is 0 Å². The molecule has 0 radical (unpaired) electrons. The van der Waals surface area contributed by atoms with E-state index >= 15 is 0 Å². The summed E-state index contributed by atoms with van der Waals surface area (Å²) in [6.45, 7) is 10.2. The van der Waals surface area contributed by atoms with Crippen molar-refractivity contribution in [2.75, 3.05) is 7.11 Å². The van der Waals surface area contributed by atoms with Gasteiger partial charge in [-0.1, -0.05) is 34.6 Å². The summed E-state index contributed by atoms with van der Waals surface area (Å²) in [4.78, 5) is 24.2. The molecular formula is C21H26O4. The number of hydrogen-bond donors (Lipinski definition) is 1. The molecule has 4 nitrogen and oxygen atoms in total. The lowest BCUT2D eigenvalue weighted by molar-refractivity contribution is 0.0601. The van der Waals surface area contributed by atoms with E-state index in [-0.39, 0.29) is 16.9 Å². The highest BCUT2D eigenvalue weighted by Crippen LogP contribution is 2.35. The van der Waals surface area contributed by atoms with E-state index in [2.05, 4.69) is 20.8 Å². The highest BCUT2D eigenvalue weighted by Gasteiger charge is 2.24. The van der Waals surface area contributed by atoms with Crippen LogP contribution in [0.4, 0.5) is 0 Å². The topological polar surface area (TPSA) is 63.6 Å². The number of aromatic carboxylic acids is 1. The number of hydrogen-bond acceptors (Lipinski definition) is 3. The van der Waals surface area contributed by atoms with Crippen LogP contribution in [0.25, 0.3) is 10.8 Å². The van der Waals surface area contributed by atoms with Crippen molar-refractivity contribution in [3.63, 3.8) is 0 Å². The first-order valence-electron chi connectivity index (χ1n) is 8.56. The zero-order valence-electron chi connectivity index (χ0n) is 15.8. The number of methoxy groups -OCH3 is 1. The third-order valence-corrected chi connectivity index (χ3v) is 5.06. The largest absolute Gasteiger partial charge is 0.478 e. The van der Waals surface area contributed by atoms with E-state index < -0.39 is 11.9 Å². The molecule has 0 amide bonds. The lowest BCUT2D eigenvalue weighted by Gasteiger charge is -2.25. The van der Waals surface area contributed by atoms with Crippen LogP contribution in [0.15, 0.2) is 24.3 Å². The van der Waals surface area contributed by atoms with Crippen LogP contribution in [0.1, 0.15) is 78.8 Å². The van der Waals surface area contributed by atoms with Gasteiger partial charge in [0.05, 0.1) is 18.2 Å². The Hall–Kier alpha value is -2.36. The fraction of sp³-hybridized carbons (Fsp3) is 0.429. The molecule has 0 saturated carbocycles. The molecule has 0 aliphatic carbocycles. The van der Waals surface area contributed by atoms with Gasteiger partial charge in [-0.25, -0.2) is 9.59 Å². The second kappa shape index (κ2) is 6.87. The maximum atomic E-state index is 12.3. The fourth-order valence-electron chi connectivity index (χ4n) is 2.87. The van der Waals surface area contributed by atoms with Crippen molar-refractivity contribution in [2.45, 2.75) is 52.4 Å². The highest BCUT2D eigenvalue weighted by atomic mass is 16.5. The molecule has 2 aromatic carbocycles. The normalized spacial score (nSPS) is 11.8. The molecule has 4 heteroatoms. The SMILES string of the molecule is CCC(C)(C)c1cc(C(=O)O)c2cc(C(C)C)cc(C(=O)OC)c2c1. The molecular weight excluding hydrogens is 316 g/mol. The van der Waals surface area contributed by atoms with Crippen LogP contribution in [0.3, 0.4) is 0 Å². The quantitative estimate of drug-likeness (QED) is 0.765. The van der Waals surface area contributed by atoms with Gasteiger partial charge >= 0.3 is 11.9 Å². The summed E-state index contributed by atoms with van der Waals surface area (Å²) in [6, 6.07) is 7.35. The molecule has 1 N–H and O–H groups in total. The summed E-state index contributed by atoms with van der Waals surface area (Å²) >= 11 is 0. The van der Waals surface area contributed by atoms with Crippen LogP contribution in [-0.4, -0.2) is 24.2 Å². The minimum atomic E-state index is -0.990. The van der Waals surface area contributed by atoms with E-state index in [0.29, 0.717) is 16.3 Å². The molecule has 0 aliphatic rings. The Morgan fingerprint density at radius 1 is 1.08 bits per heavy atom. The molecule has 0 fully saturated rings. The number of carbonyl (C=O) groups excluding carboxylic acids is 1. The number of ether oxygens (including phenoxy) is 1. The van der Waals surface area contributed by atoms with Gasteiger partial charge in [-0.15, -0.1) is 0 Å². The molecule has 0 saturated heterocycles. The van der Waals surface area contributed by atoms with Crippen LogP contribution < -0.4 is 0 Å². The van der Waals surface area contributed by atoms with E-state index in [4.69, 9.17) is 4.74 Å². The first-order chi connectivity index (χ1) is 11.6. The minimum Gasteiger partial charge on any atom is -0.478 e. The van der Waals surface area contributed by atoms with Crippen molar-refractivity contribution in [3.8, 4) is 0 Å². The van der Waals surface area contributed by atoms with Crippen molar-refractivity contribution < 1.29 is 19.4 Å². The van der Waals surface area contributed by atoms with E-state index in [1.807, 2.05) is 32.0 Å². The van der Waals surface area contributed by atoms with E-state index in [1.165, 1.54) is 7.11 Å². The van der Waals surface area contributed by atoms with Gasteiger partial charge in [0.15, 0.2) is 0 Å². The first-order valence-corrected chi connectivity index (χ1v) is 8.56. The molecule has 25 heavy (non-hydrogen) atoms. The summed E-state index contributed by atoms with van der Waals surface area (Å²) in [5.41, 5.74) is 2.27. The predicted molar refractivity (Wildman–Crippen MR) is 99.7 cm³/mol. The van der Waals surface area contributed by atoms with Crippen molar-refractivity contribution in [1.82, 2.24) is 0 Å². The van der Waals surface area contributed by atoms with Gasteiger partial charge in [0.1, 0.15) is 0 Å². The predicted octanol–water partition coefficient (Wildman–Crippen LogP) is 5.14. The summed E-state index contributed by atoms with van der Waals surface area (Å²) in [6.07, 6.45) is 0.856. The zero-order chi connectivity index (χ0) is 18.9. The number of carboxylic acid groups (broad SMARTS) is 1. The highest BCUT2D eigenvalue weighted by molar-refractivity contribution is 6.11. The van der Waals surface area contributed by atoms with Gasteiger partial charge in [-0.3, -0.25) is 0 Å². The summed E-state index contributed by atoms with van der Waals surface area (Å²) < 4.78 is 4.94. The third kappa shape index (κ3) is 3.53. The summed E-state index contributed by atoms with van der Waals surface area (Å²) in [7, 11) is 1.34. The van der Waals surface area contributed by atoms with Gasteiger partial charge in [0.2, 0.25) is 0 Å². The molecule has 0 unspecified atom stereocenters. The molecule has 0 atom stereocenters. The molecule has 0 aliphatic heterocycles. The maximum Gasteiger partial charge on any atom is 0.338 e. The number of rotatable bonds is 5. The Balaban J connectivity index is 2.98. The lowest BCUT2D eigenvalue weighted by Crippen LogP contribution is -2.17. The van der Waals surface area contributed by atoms with Crippen molar-refractivity contribution in [3.05, 3.63) is 46.5 Å². The molecule has 0 heterocycles. The fourth-order valence-corrected chi connectivity index (χ4v) is 2.87. The Morgan fingerprint density at radius 3 is 2.16 bits per heavy atom. The monoisotopic (exact) mass is 342 g/mol. The standard InChI is InChI=1S/C21H26O4/c1-7-21(4,5)14-10-16-15(17(11-14)19(22)23)8-13(12(2)3)9-18(16)20(24)25-6/h8-12H,7H2,1-6H3,(H,22,23). The van der Waals surface area contributed by atoms with Crippen LogP contribution in [0, 0.1) is 0 Å². The Kier molecular flexibility index (Phi) is 5.21. The molecule has 2 rings (SSSR count). The number of carbonyl (C=O) groups is 2. The average Bonchev–Trinajstić information content (AvgIpc) is 2.58. The third-order valence-electron chi connectivity index (χ3n) is 5.06. The second-order valence-electron chi connectivity index (χ2n) is 7.38. The van der Waals surface area contributed by atoms with Gasteiger partial charge in [-0.05, 0) is 63.9 Å². The zero-order valence-corrected chi connectivity index (χ0v) is 15.8. The number of esters is 1. The Labute approximate surface area is 148 Å². The van der Waals surface area contributed by atoms with Crippen molar-refractivity contribution in [2.24, 2.45) is 0 Å². The van der Waals surface area contributed by atoms with Crippen LogP contribution in [0.5, 0.6) is 0 Å². The van der Waals surface area contributed by atoms with E-state index in [1.54, 1.807) is 6.07 Å². The van der Waals surface area contributed by atoms with Gasteiger partial charge in [0.25, 0.3) is 0 Å². The first kappa shape index (κ1) is 19.0. The Bertz CT molecular complexity index is 831. The van der Waals surface area contributed by atoms with E-state index in [0.717, 1.165) is 17.5 Å².